The van der Waals surface area contributed by atoms with Gasteiger partial charge >= 0.3 is 0 Å². The molecule has 1 heterocycles. The minimum absolute atomic E-state index is 0.0836. The van der Waals surface area contributed by atoms with Crippen LogP contribution in [0.2, 0.25) is 0 Å². The van der Waals surface area contributed by atoms with Crippen molar-refractivity contribution in [1.29, 1.82) is 0 Å². The van der Waals surface area contributed by atoms with E-state index < -0.39 is 0 Å². The lowest BCUT2D eigenvalue weighted by Crippen LogP contribution is -2.29. The van der Waals surface area contributed by atoms with Crippen LogP contribution in [0.4, 0.5) is 5.69 Å². The number of amides is 1. The summed E-state index contributed by atoms with van der Waals surface area (Å²) in [6.07, 6.45) is 0. The molecule has 5 nitrogen and oxygen atoms in total. The molecule has 0 radical (unpaired) electrons. The van der Waals surface area contributed by atoms with Crippen molar-refractivity contribution in [2.45, 2.75) is 0 Å². The number of benzene rings is 1. The maximum absolute atomic E-state index is 12.4. The number of likely N-dealkylation sites (N-methyl/N-ethyl adjacent to an activating group) is 1. The summed E-state index contributed by atoms with van der Waals surface area (Å²) in [5.41, 5.74) is 6.62. The number of fused-ring (bicyclic) bond motifs is 1. The summed E-state index contributed by atoms with van der Waals surface area (Å²) in [5.74, 6) is 0.671. The van der Waals surface area contributed by atoms with Crippen LogP contribution in [0, 0.1) is 0 Å². The van der Waals surface area contributed by atoms with Crippen molar-refractivity contribution in [2.75, 3.05) is 40.2 Å². The number of methoxy groups -OCH3 is 2. The molecule has 0 spiro atoms. The fourth-order valence-electron chi connectivity index (χ4n) is 1.89. The fraction of sp³-hybridized carbons (Fsp3) is 0.357. The molecule has 0 aliphatic rings. The summed E-state index contributed by atoms with van der Waals surface area (Å²) in [6, 6.07) is 5.61. The molecule has 0 unspecified atom stereocenters. The summed E-state index contributed by atoms with van der Waals surface area (Å²) in [4.78, 5) is 14.5. The first-order valence-electron chi connectivity index (χ1n) is 6.19. The molecule has 0 fully saturated rings. The number of nitrogens with zero attached hydrogens (tertiary/aromatic N) is 1. The number of nitrogen functional groups attached to an aromatic ring is 1. The molecule has 2 aromatic rings. The van der Waals surface area contributed by atoms with Crippen LogP contribution >= 0.6 is 11.3 Å². The molecular weight excluding hydrogens is 276 g/mol. The second-order valence-corrected chi connectivity index (χ2v) is 5.48. The van der Waals surface area contributed by atoms with E-state index in [0.717, 1.165) is 15.8 Å². The highest BCUT2D eigenvalue weighted by molar-refractivity contribution is 7.21. The van der Waals surface area contributed by atoms with Gasteiger partial charge in [-0.15, -0.1) is 11.3 Å². The predicted molar refractivity (Wildman–Crippen MR) is 81.6 cm³/mol. The summed E-state index contributed by atoms with van der Waals surface area (Å²) in [6.45, 7) is 1.03. The Kier molecular flexibility index (Phi) is 4.46. The van der Waals surface area contributed by atoms with Crippen molar-refractivity contribution >= 4 is 33.0 Å². The first-order chi connectivity index (χ1) is 9.58. The molecule has 1 aromatic carbocycles. The van der Waals surface area contributed by atoms with Crippen LogP contribution in [-0.4, -0.2) is 45.2 Å². The van der Waals surface area contributed by atoms with E-state index >= 15 is 0 Å². The van der Waals surface area contributed by atoms with Crippen LogP contribution in [0.3, 0.4) is 0 Å². The summed E-state index contributed by atoms with van der Waals surface area (Å²) in [7, 11) is 4.97. The van der Waals surface area contributed by atoms with E-state index in [4.69, 9.17) is 15.2 Å². The lowest BCUT2D eigenvalue weighted by molar-refractivity contribution is 0.0750. The number of carbonyl (C=O) groups is 1. The predicted octanol–water partition coefficient (Wildman–Crippen LogP) is 2.21. The Hall–Kier alpha value is -1.79. The molecule has 6 heteroatoms. The zero-order valence-corrected chi connectivity index (χ0v) is 12.6. The van der Waals surface area contributed by atoms with E-state index in [2.05, 4.69) is 0 Å². The Labute approximate surface area is 121 Å². The number of ether oxygens (including phenoxy) is 2. The highest BCUT2D eigenvalue weighted by atomic mass is 32.1. The van der Waals surface area contributed by atoms with Gasteiger partial charge in [0.25, 0.3) is 5.91 Å². The van der Waals surface area contributed by atoms with Gasteiger partial charge in [-0.05, 0) is 18.2 Å². The average molecular weight is 294 g/mol. The monoisotopic (exact) mass is 294 g/mol. The topological polar surface area (TPSA) is 64.8 Å². The van der Waals surface area contributed by atoms with Gasteiger partial charge in [-0.1, -0.05) is 0 Å². The standard InChI is InChI=1S/C14H18N2O3S/c1-16(6-7-18-2)14(17)13-12(15)10-5-4-9(19-3)8-11(10)20-13/h4-5,8H,6-7,15H2,1-3H3. The second kappa shape index (κ2) is 6.11. The number of hydrogen-bond donors (Lipinski definition) is 1. The largest absolute Gasteiger partial charge is 0.497 e. The van der Waals surface area contributed by atoms with Crippen LogP contribution in [0.1, 0.15) is 9.67 Å². The molecule has 0 saturated heterocycles. The number of rotatable bonds is 5. The number of thiophene rings is 1. The number of nitrogens with two attached hydrogens (primary N) is 1. The maximum Gasteiger partial charge on any atom is 0.265 e. The van der Waals surface area contributed by atoms with Gasteiger partial charge in [0.05, 0.1) is 19.4 Å². The Morgan fingerprint density at radius 2 is 2.15 bits per heavy atom. The van der Waals surface area contributed by atoms with Gasteiger partial charge in [0, 0.05) is 30.8 Å². The maximum atomic E-state index is 12.4. The van der Waals surface area contributed by atoms with Crippen molar-refractivity contribution in [3.05, 3.63) is 23.1 Å². The molecule has 108 valence electrons. The Bertz CT molecular complexity index is 624. The number of anilines is 1. The van der Waals surface area contributed by atoms with Crippen LogP contribution in [0.25, 0.3) is 10.1 Å². The second-order valence-electron chi connectivity index (χ2n) is 4.43. The first-order valence-corrected chi connectivity index (χ1v) is 7.00. The Morgan fingerprint density at radius 3 is 2.80 bits per heavy atom. The quantitative estimate of drug-likeness (QED) is 0.918. The summed E-state index contributed by atoms with van der Waals surface area (Å²) < 4.78 is 11.1. The van der Waals surface area contributed by atoms with Crippen LogP contribution < -0.4 is 10.5 Å². The lowest BCUT2D eigenvalue weighted by atomic mass is 10.2. The zero-order valence-electron chi connectivity index (χ0n) is 11.8. The van der Waals surface area contributed by atoms with E-state index in [0.29, 0.717) is 23.7 Å². The third kappa shape index (κ3) is 2.71. The molecule has 2 rings (SSSR count). The van der Waals surface area contributed by atoms with E-state index in [9.17, 15) is 4.79 Å². The van der Waals surface area contributed by atoms with Crippen molar-refractivity contribution in [3.8, 4) is 5.75 Å². The van der Waals surface area contributed by atoms with Crippen LogP contribution in [0.15, 0.2) is 18.2 Å². The fourth-order valence-corrected chi connectivity index (χ4v) is 3.03. The summed E-state index contributed by atoms with van der Waals surface area (Å²) >= 11 is 1.39. The van der Waals surface area contributed by atoms with Crippen molar-refractivity contribution < 1.29 is 14.3 Å². The van der Waals surface area contributed by atoms with Crippen molar-refractivity contribution in [2.24, 2.45) is 0 Å². The SMILES string of the molecule is COCCN(C)C(=O)c1sc2cc(OC)ccc2c1N. The highest BCUT2D eigenvalue weighted by Gasteiger charge is 2.19. The smallest absolute Gasteiger partial charge is 0.265 e. The molecule has 0 bridgehead atoms. The van der Waals surface area contributed by atoms with Crippen LogP contribution in [0.5, 0.6) is 5.75 Å². The minimum Gasteiger partial charge on any atom is -0.497 e. The normalized spacial score (nSPS) is 10.8. The van der Waals surface area contributed by atoms with Crippen LogP contribution in [-0.2, 0) is 4.74 Å². The van der Waals surface area contributed by atoms with Crippen molar-refractivity contribution in [1.82, 2.24) is 4.90 Å². The third-order valence-corrected chi connectivity index (χ3v) is 4.26. The molecule has 0 aliphatic heterocycles. The van der Waals surface area contributed by atoms with Gasteiger partial charge in [0.15, 0.2) is 0 Å². The van der Waals surface area contributed by atoms with E-state index in [1.807, 2.05) is 18.2 Å². The molecule has 1 aromatic heterocycles. The highest BCUT2D eigenvalue weighted by Crippen LogP contribution is 2.36. The molecule has 20 heavy (non-hydrogen) atoms. The Balaban J connectivity index is 2.34. The molecule has 1 amide bonds. The van der Waals surface area contributed by atoms with Gasteiger partial charge in [-0.3, -0.25) is 4.79 Å². The van der Waals surface area contributed by atoms with Gasteiger partial charge < -0.3 is 20.1 Å². The lowest BCUT2D eigenvalue weighted by Gasteiger charge is -2.15. The van der Waals surface area contributed by atoms with Crippen molar-refractivity contribution in [3.63, 3.8) is 0 Å². The summed E-state index contributed by atoms with van der Waals surface area (Å²) in [5, 5.41) is 0.888. The third-order valence-electron chi connectivity index (χ3n) is 3.11. The van der Waals surface area contributed by atoms with Gasteiger partial charge in [0.2, 0.25) is 0 Å². The number of hydrogen-bond acceptors (Lipinski definition) is 5. The van der Waals surface area contributed by atoms with Gasteiger partial charge in [0.1, 0.15) is 10.6 Å². The number of carbonyl (C=O) groups excluding carboxylic acids is 1. The molecule has 0 aliphatic carbocycles. The van der Waals surface area contributed by atoms with Gasteiger partial charge in [-0.2, -0.15) is 0 Å². The average Bonchev–Trinajstić information content (AvgIpc) is 2.80. The molecule has 0 saturated carbocycles. The minimum atomic E-state index is -0.0836. The molecular formula is C14H18N2O3S. The molecule has 0 atom stereocenters. The van der Waals surface area contributed by atoms with E-state index in [-0.39, 0.29) is 5.91 Å². The van der Waals surface area contributed by atoms with E-state index in [1.165, 1.54) is 11.3 Å². The Morgan fingerprint density at radius 1 is 1.40 bits per heavy atom. The van der Waals surface area contributed by atoms with Gasteiger partial charge in [-0.25, -0.2) is 0 Å². The first kappa shape index (κ1) is 14.6. The zero-order chi connectivity index (χ0) is 14.7. The molecule has 2 N–H and O–H groups in total. The van der Waals surface area contributed by atoms with E-state index in [1.54, 1.807) is 26.2 Å².